The molecule has 0 aromatic heterocycles. The van der Waals surface area contributed by atoms with Gasteiger partial charge in [-0.05, 0) is 38.0 Å². The molecule has 4 unspecified atom stereocenters. The van der Waals surface area contributed by atoms with Crippen LogP contribution < -0.4 is 4.72 Å². The first-order chi connectivity index (χ1) is 8.82. The highest BCUT2D eigenvalue weighted by Crippen LogP contribution is 2.46. The number of sulfonamides is 1. The molecule has 108 valence electrons. The number of hydrogen-bond acceptors (Lipinski definition) is 4. The van der Waals surface area contributed by atoms with Crippen molar-refractivity contribution < 1.29 is 22.3 Å². The van der Waals surface area contributed by atoms with E-state index >= 15 is 0 Å². The summed E-state index contributed by atoms with van der Waals surface area (Å²) in [6.07, 6.45) is 1.87. The third-order valence-corrected chi connectivity index (χ3v) is 4.82. The van der Waals surface area contributed by atoms with E-state index in [9.17, 15) is 17.6 Å². The fourth-order valence-corrected chi connectivity index (χ4v) is 3.82. The molecule has 4 atom stereocenters. The Balaban J connectivity index is 1.91. The number of esters is 1. The van der Waals surface area contributed by atoms with Gasteiger partial charge in [-0.1, -0.05) is 6.58 Å². The second kappa shape index (κ2) is 5.20. The molecular weight excluding hydrogens is 273 g/mol. The molecule has 1 N–H and O–H groups in total. The molecule has 0 aromatic carbocycles. The van der Waals surface area contributed by atoms with Gasteiger partial charge in [0.25, 0.3) is 0 Å². The van der Waals surface area contributed by atoms with E-state index in [0.717, 1.165) is 6.42 Å². The summed E-state index contributed by atoms with van der Waals surface area (Å²) < 4.78 is 42.4. The van der Waals surface area contributed by atoms with Crippen LogP contribution in [0.1, 0.15) is 26.2 Å². The van der Waals surface area contributed by atoms with Crippen LogP contribution >= 0.6 is 0 Å². The quantitative estimate of drug-likeness (QED) is 0.608. The zero-order chi connectivity index (χ0) is 14.2. The van der Waals surface area contributed by atoms with Gasteiger partial charge in [0.2, 0.25) is 16.0 Å². The van der Waals surface area contributed by atoms with Crippen molar-refractivity contribution in [1.29, 1.82) is 0 Å². The minimum absolute atomic E-state index is 0.120. The molecule has 2 bridgehead atoms. The van der Waals surface area contributed by atoms with Gasteiger partial charge >= 0.3 is 5.97 Å². The number of alkyl halides is 1. The number of halogens is 1. The minimum Gasteiger partial charge on any atom is -0.459 e. The Bertz CT molecular complexity index is 490. The average molecular weight is 291 g/mol. The molecule has 7 heteroatoms. The molecule has 2 aliphatic carbocycles. The Morgan fingerprint density at radius 2 is 2.05 bits per heavy atom. The molecule has 2 saturated carbocycles. The maximum absolute atomic E-state index is 12.3. The van der Waals surface area contributed by atoms with Gasteiger partial charge in [0.15, 0.2) is 0 Å². The Labute approximate surface area is 112 Å². The van der Waals surface area contributed by atoms with Crippen LogP contribution in [-0.2, 0) is 19.6 Å². The van der Waals surface area contributed by atoms with E-state index in [1.54, 1.807) is 6.92 Å². The average Bonchev–Trinajstić information content (AvgIpc) is 2.87. The summed E-state index contributed by atoms with van der Waals surface area (Å²) >= 11 is 0. The predicted octanol–water partition coefficient (Wildman–Crippen LogP) is 1.12. The van der Waals surface area contributed by atoms with Crippen LogP contribution in [-0.4, -0.2) is 32.5 Å². The summed E-state index contributed by atoms with van der Waals surface area (Å²) in [6.45, 7) is 5.12. The SMILES string of the molecule is C=C(C)C(=O)OC1CC2CC1CC2NS(=O)(=O)CF. The summed E-state index contributed by atoms with van der Waals surface area (Å²) in [7, 11) is -3.82. The zero-order valence-corrected chi connectivity index (χ0v) is 11.6. The second-order valence-electron chi connectivity index (χ2n) is 5.40. The van der Waals surface area contributed by atoms with Gasteiger partial charge in [0, 0.05) is 11.6 Å². The van der Waals surface area contributed by atoms with Crippen molar-refractivity contribution in [2.75, 3.05) is 6.01 Å². The topological polar surface area (TPSA) is 72.5 Å². The van der Waals surface area contributed by atoms with Gasteiger partial charge in [-0.2, -0.15) is 0 Å². The van der Waals surface area contributed by atoms with Crippen LogP contribution in [0.25, 0.3) is 0 Å². The van der Waals surface area contributed by atoms with E-state index in [1.165, 1.54) is 0 Å². The van der Waals surface area contributed by atoms with E-state index in [0.29, 0.717) is 18.4 Å². The smallest absolute Gasteiger partial charge is 0.333 e. The van der Waals surface area contributed by atoms with Crippen LogP contribution in [0.2, 0.25) is 0 Å². The second-order valence-corrected chi connectivity index (χ2v) is 7.08. The van der Waals surface area contributed by atoms with Crippen molar-refractivity contribution in [1.82, 2.24) is 4.72 Å². The largest absolute Gasteiger partial charge is 0.459 e. The van der Waals surface area contributed by atoms with Crippen LogP contribution in [0.15, 0.2) is 12.2 Å². The van der Waals surface area contributed by atoms with E-state index in [4.69, 9.17) is 4.74 Å². The lowest BCUT2D eigenvalue weighted by Crippen LogP contribution is -2.41. The molecule has 0 heterocycles. The molecule has 0 spiro atoms. The van der Waals surface area contributed by atoms with E-state index in [1.807, 2.05) is 0 Å². The molecule has 2 fully saturated rings. The van der Waals surface area contributed by atoms with Crippen molar-refractivity contribution >= 4 is 16.0 Å². The maximum atomic E-state index is 12.3. The number of rotatable bonds is 5. The van der Waals surface area contributed by atoms with E-state index < -0.39 is 22.0 Å². The molecule has 2 aliphatic rings. The molecule has 0 aromatic rings. The molecule has 19 heavy (non-hydrogen) atoms. The Morgan fingerprint density at radius 3 is 2.53 bits per heavy atom. The predicted molar refractivity (Wildman–Crippen MR) is 67.3 cm³/mol. The summed E-state index contributed by atoms with van der Waals surface area (Å²) in [5.74, 6) is -0.131. The first-order valence-corrected chi connectivity index (χ1v) is 7.90. The number of ether oxygens (including phenoxy) is 1. The highest BCUT2D eigenvalue weighted by atomic mass is 32.2. The first-order valence-electron chi connectivity index (χ1n) is 6.25. The van der Waals surface area contributed by atoms with Gasteiger partial charge < -0.3 is 4.74 Å². The van der Waals surface area contributed by atoms with Crippen LogP contribution in [0.3, 0.4) is 0 Å². The van der Waals surface area contributed by atoms with Crippen molar-refractivity contribution in [2.24, 2.45) is 11.8 Å². The number of fused-ring (bicyclic) bond motifs is 2. The maximum Gasteiger partial charge on any atom is 0.333 e. The third kappa shape index (κ3) is 3.14. The Kier molecular flexibility index (Phi) is 3.96. The number of carbonyl (C=O) groups is 1. The van der Waals surface area contributed by atoms with Crippen molar-refractivity contribution in [2.45, 2.75) is 38.3 Å². The summed E-state index contributed by atoms with van der Waals surface area (Å²) in [5.41, 5.74) is 0.359. The molecule has 0 saturated heterocycles. The van der Waals surface area contributed by atoms with Crippen LogP contribution in [0, 0.1) is 11.8 Å². The summed E-state index contributed by atoms with van der Waals surface area (Å²) in [5, 5.41) is 0. The highest BCUT2D eigenvalue weighted by Gasteiger charge is 2.48. The van der Waals surface area contributed by atoms with Gasteiger partial charge in [-0.3, -0.25) is 0 Å². The standard InChI is InChI=1S/C12H18FNO4S/c1-7(2)12(15)18-11-5-8-3-9(11)4-10(8)14-19(16,17)6-13/h8-11,14H,1,3-6H2,2H3. The molecular formula is C12H18FNO4S. The van der Waals surface area contributed by atoms with Gasteiger partial charge in [0.05, 0.1) is 0 Å². The van der Waals surface area contributed by atoms with Crippen LogP contribution in [0.5, 0.6) is 0 Å². The van der Waals surface area contributed by atoms with Crippen molar-refractivity contribution in [3.63, 3.8) is 0 Å². The zero-order valence-electron chi connectivity index (χ0n) is 10.8. The van der Waals surface area contributed by atoms with Gasteiger partial charge in [-0.25, -0.2) is 22.3 Å². The number of hydrogen-bond donors (Lipinski definition) is 1. The normalized spacial score (nSPS) is 33.4. The van der Waals surface area contributed by atoms with Crippen molar-refractivity contribution in [3.8, 4) is 0 Å². The van der Waals surface area contributed by atoms with E-state index in [2.05, 4.69) is 11.3 Å². The first kappa shape index (κ1) is 14.5. The van der Waals surface area contributed by atoms with Gasteiger partial charge in [-0.15, -0.1) is 0 Å². The van der Waals surface area contributed by atoms with Crippen molar-refractivity contribution in [3.05, 3.63) is 12.2 Å². The molecule has 2 rings (SSSR count). The lowest BCUT2D eigenvalue weighted by Gasteiger charge is -2.28. The fourth-order valence-electron chi connectivity index (χ4n) is 3.01. The monoisotopic (exact) mass is 291 g/mol. The lowest BCUT2D eigenvalue weighted by molar-refractivity contribution is -0.146. The molecule has 0 aliphatic heterocycles. The third-order valence-electron chi connectivity index (χ3n) is 3.87. The fraction of sp³-hybridized carbons (Fsp3) is 0.750. The summed E-state index contributed by atoms with van der Waals surface area (Å²) in [6, 6.07) is -1.62. The lowest BCUT2D eigenvalue weighted by atomic mass is 9.94. The minimum atomic E-state index is -3.82. The Hall–Kier alpha value is -0.950. The van der Waals surface area contributed by atoms with Gasteiger partial charge in [0.1, 0.15) is 6.10 Å². The summed E-state index contributed by atoms with van der Waals surface area (Å²) in [4.78, 5) is 11.4. The Morgan fingerprint density at radius 1 is 1.37 bits per heavy atom. The number of carbonyl (C=O) groups excluding carboxylic acids is 1. The molecule has 5 nitrogen and oxygen atoms in total. The number of nitrogens with one attached hydrogen (secondary N) is 1. The van der Waals surface area contributed by atoms with Crippen LogP contribution in [0.4, 0.5) is 4.39 Å². The molecule has 0 radical (unpaired) electrons. The van der Waals surface area contributed by atoms with E-state index in [-0.39, 0.29) is 24.0 Å². The highest BCUT2D eigenvalue weighted by molar-refractivity contribution is 7.89. The molecule has 0 amide bonds.